The lowest BCUT2D eigenvalue weighted by molar-refractivity contribution is 0.680. The number of anilines is 1. The smallest absolute Gasteiger partial charge is 0.173 e. The van der Waals surface area contributed by atoms with Gasteiger partial charge in [-0.3, -0.25) is 4.98 Å². The molecule has 0 radical (unpaired) electrons. The van der Waals surface area contributed by atoms with E-state index < -0.39 is 0 Å². The zero-order valence-electron chi connectivity index (χ0n) is 13.4. The van der Waals surface area contributed by atoms with Gasteiger partial charge >= 0.3 is 0 Å². The highest BCUT2D eigenvalue weighted by molar-refractivity contribution is 5.38. The van der Waals surface area contributed by atoms with Crippen LogP contribution in [0.15, 0.2) is 67.8 Å². The summed E-state index contributed by atoms with van der Waals surface area (Å²) in [5.74, 6) is 1.37. The highest BCUT2D eigenvalue weighted by Gasteiger charge is 2.05. The normalized spacial score (nSPS) is 10.7. The van der Waals surface area contributed by atoms with E-state index in [9.17, 15) is 0 Å². The van der Waals surface area contributed by atoms with Gasteiger partial charge in [-0.2, -0.15) is 10.2 Å². The minimum atomic E-state index is 0.641. The van der Waals surface area contributed by atoms with Gasteiger partial charge in [0.05, 0.1) is 18.9 Å². The Labute approximate surface area is 144 Å². The van der Waals surface area contributed by atoms with E-state index in [0.717, 1.165) is 0 Å². The predicted octanol–water partition coefficient (Wildman–Crippen LogP) is 1.91. The molecule has 0 saturated heterocycles. The van der Waals surface area contributed by atoms with E-state index in [1.165, 1.54) is 17.5 Å². The van der Waals surface area contributed by atoms with E-state index in [-0.39, 0.29) is 0 Å². The summed E-state index contributed by atoms with van der Waals surface area (Å²) in [5.41, 5.74) is 2.35. The summed E-state index contributed by atoms with van der Waals surface area (Å²) in [5, 5.41) is 11.7. The Morgan fingerprint density at radius 1 is 0.960 bits per heavy atom. The zero-order valence-corrected chi connectivity index (χ0v) is 13.4. The molecule has 0 fully saturated rings. The molecule has 4 rings (SSSR count). The monoisotopic (exact) mass is 332 g/mol. The van der Waals surface area contributed by atoms with Crippen LogP contribution in [0.4, 0.5) is 5.82 Å². The maximum absolute atomic E-state index is 4.53. The molecule has 3 aromatic heterocycles. The van der Waals surface area contributed by atoms with Gasteiger partial charge in [-0.15, -0.1) is 0 Å². The number of hydrogen-bond donors (Lipinski definition) is 1. The Morgan fingerprint density at radius 2 is 1.88 bits per heavy atom. The van der Waals surface area contributed by atoms with Crippen molar-refractivity contribution in [1.82, 2.24) is 34.5 Å². The molecule has 0 amide bonds. The first-order valence-electron chi connectivity index (χ1n) is 7.83. The molecule has 25 heavy (non-hydrogen) atoms. The van der Waals surface area contributed by atoms with Crippen LogP contribution in [0.5, 0.6) is 0 Å². The molecule has 0 bridgehead atoms. The van der Waals surface area contributed by atoms with Crippen LogP contribution in [0.2, 0.25) is 0 Å². The number of hydrogen-bond acceptors (Lipinski definition) is 6. The number of nitrogens with zero attached hydrogens (tertiary/aromatic N) is 7. The minimum Gasteiger partial charge on any atom is -0.365 e. The van der Waals surface area contributed by atoms with Crippen LogP contribution >= 0.6 is 0 Å². The zero-order chi connectivity index (χ0) is 16.9. The highest BCUT2D eigenvalue weighted by Crippen LogP contribution is 2.13. The third-order valence-electron chi connectivity index (χ3n) is 3.74. The lowest BCUT2D eigenvalue weighted by Gasteiger charge is -2.11. The minimum absolute atomic E-state index is 0.641. The van der Waals surface area contributed by atoms with Gasteiger partial charge in [0.1, 0.15) is 18.5 Å². The molecule has 0 aliphatic heterocycles. The standard InChI is InChI=1S/C17H16N8/c1-2-5-15(11-24-13-19-12-22-24)14(4-1)8-20-16-9-18-10-17(23-16)25-7-3-6-21-25/h1-7,9-10,12-13H,8,11H2,(H,20,23). The average Bonchev–Trinajstić information content (AvgIpc) is 3.35. The molecular formula is C17H16N8. The Bertz CT molecular complexity index is 931. The topological polar surface area (TPSA) is 86.3 Å². The van der Waals surface area contributed by atoms with Crippen molar-refractivity contribution < 1.29 is 0 Å². The van der Waals surface area contributed by atoms with Crippen molar-refractivity contribution in [3.8, 4) is 5.82 Å². The molecule has 0 saturated carbocycles. The van der Waals surface area contributed by atoms with E-state index in [1.807, 2.05) is 24.4 Å². The van der Waals surface area contributed by atoms with E-state index in [1.54, 1.807) is 34.3 Å². The molecular weight excluding hydrogens is 316 g/mol. The van der Waals surface area contributed by atoms with Crippen molar-refractivity contribution in [2.75, 3.05) is 5.32 Å². The molecule has 4 aromatic rings. The van der Waals surface area contributed by atoms with Gasteiger partial charge in [0.15, 0.2) is 5.82 Å². The number of aromatic nitrogens is 7. The average molecular weight is 332 g/mol. The Kier molecular flexibility index (Phi) is 4.15. The maximum Gasteiger partial charge on any atom is 0.173 e. The van der Waals surface area contributed by atoms with Crippen molar-refractivity contribution in [3.63, 3.8) is 0 Å². The summed E-state index contributed by atoms with van der Waals surface area (Å²) in [6.07, 6.45) is 10.2. The molecule has 0 aliphatic carbocycles. The van der Waals surface area contributed by atoms with Gasteiger partial charge < -0.3 is 5.32 Å². The fourth-order valence-corrected chi connectivity index (χ4v) is 2.51. The third-order valence-corrected chi connectivity index (χ3v) is 3.74. The summed E-state index contributed by atoms with van der Waals surface area (Å²) in [4.78, 5) is 12.7. The molecule has 8 heteroatoms. The number of benzene rings is 1. The first-order chi connectivity index (χ1) is 12.4. The van der Waals surface area contributed by atoms with Crippen LogP contribution in [0.1, 0.15) is 11.1 Å². The summed E-state index contributed by atoms with van der Waals surface area (Å²) >= 11 is 0. The fourth-order valence-electron chi connectivity index (χ4n) is 2.51. The van der Waals surface area contributed by atoms with Crippen molar-refractivity contribution >= 4 is 5.82 Å². The van der Waals surface area contributed by atoms with Crippen LogP contribution in [-0.2, 0) is 13.1 Å². The summed E-state index contributed by atoms with van der Waals surface area (Å²) in [6, 6.07) is 10.1. The summed E-state index contributed by atoms with van der Waals surface area (Å²) in [6.45, 7) is 1.32. The molecule has 3 heterocycles. The first kappa shape index (κ1) is 15.0. The second-order valence-electron chi connectivity index (χ2n) is 5.43. The van der Waals surface area contributed by atoms with Gasteiger partial charge in [-0.25, -0.2) is 19.3 Å². The fraction of sp³-hybridized carbons (Fsp3) is 0.118. The molecule has 0 atom stereocenters. The molecule has 124 valence electrons. The van der Waals surface area contributed by atoms with Gasteiger partial charge in [-0.1, -0.05) is 24.3 Å². The van der Waals surface area contributed by atoms with E-state index >= 15 is 0 Å². The SMILES string of the molecule is c1ccc(Cn2cncn2)c(CNc2cncc(-n3cccn3)n2)c1. The van der Waals surface area contributed by atoms with Crippen molar-refractivity contribution in [2.24, 2.45) is 0 Å². The van der Waals surface area contributed by atoms with Crippen molar-refractivity contribution in [2.45, 2.75) is 13.1 Å². The number of nitrogens with one attached hydrogen (secondary N) is 1. The van der Waals surface area contributed by atoms with Crippen molar-refractivity contribution in [1.29, 1.82) is 0 Å². The molecule has 1 N–H and O–H groups in total. The first-order valence-corrected chi connectivity index (χ1v) is 7.83. The maximum atomic E-state index is 4.53. The highest BCUT2D eigenvalue weighted by atomic mass is 15.3. The van der Waals surface area contributed by atoms with Gasteiger partial charge in [0.2, 0.25) is 0 Å². The van der Waals surface area contributed by atoms with Crippen LogP contribution in [0, 0.1) is 0 Å². The lowest BCUT2D eigenvalue weighted by atomic mass is 10.1. The molecule has 1 aromatic carbocycles. The molecule has 0 unspecified atom stereocenters. The van der Waals surface area contributed by atoms with Crippen LogP contribution < -0.4 is 5.32 Å². The summed E-state index contributed by atoms with van der Waals surface area (Å²) in [7, 11) is 0. The van der Waals surface area contributed by atoms with Gasteiger partial charge in [-0.05, 0) is 17.2 Å². The Hall–Kier alpha value is -3.55. The Balaban J connectivity index is 1.49. The molecule has 8 nitrogen and oxygen atoms in total. The largest absolute Gasteiger partial charge is 0.365 e. The third kappa shape index (κ3) is 3.52. The molecule has 0 aliphatic rings. The van der Waals surface area contributed by atoms with Gasteiger partial charge in [0, 0.05) is 18.9 Å². The van der Waals surface area contributed by atoms with E-state index in [0.29, 0.717) is 24.7 Å². The van der Waals surface area contributed by atoms with Crippen LogP contribution in [0.3, 0.4) is 0 Å². The molecule has 0 spiro atoms. The van der Waals surface area contributed by atoms with Crippen molar-refractivity contribution in [3.05, 3.63) is 78.9 Å². The lowest BCUT2D eigenvalue weighted by Crippen LogP contribution is -2.09. The van der Waals surface area contributed by atoms with Gasteiger partial charge in [0.25, 0.3) is 0 Å². The second-order valence-corrected chi connectivity index (χ2v) is 5.43. The Morgan fingerprint density at radius 3 is 2.68 bits per heavy atom. The summed E-state index contributed by atoms with van der Waals surface area (Å²) < 4.78 is 3.48. The second kappa shape index (κ2) is 6.91. The van der Waals surface area contributed by atoms with Crippen LogP contribution in [-0.4, -0.2) is 34.5 Å². The van der Waals surface area contributed by atoms with E-state index in [2.05, 4.69) is 42.6 Å². The van der Waals surface area contributed by atoms with E-state index in [4.69, 9.17) is 0 Å². The predicted molar refractivity (Wildman–Crippen MR) is 92.0 cm³/mol. The quantitative estimate of drug-likeness (QED) is 0.580. The number of rotatable bonds is 6. The van der Waals surface area contributed by atoms with Crippen LogP contribution in [0.25, 0.3) is 5.82 Å².